The number of rotatable bonds is 8. The highest BCUT2D eigenvalue weighted by molar-refractivity contribution is 6.12. The van der Waals surface area contributed by atoms with E-state index in [1.807, 2.05) is 65.6 Å². The van der Waals surface area contributed by atoms with Gasteiger partial charge in [-0.1, -0.05) is 84.6 Å². The Morgan fingerprint density at radius 1 is 0.923 bits per heavy atom. The first-order valence-corrected chi connectivity index (χ1v) is 16.8. The van der Waals surface area contributed by atoms with E-state index in [1.165, 1.54) is 4.90 Å². The summed E-state index contributed by atoms with van der Waals surface area (Å²) in [7, 11) is 1.59. The second kappa shape index (κ2) is 13.9. The second-order valence-corrected chi connectivity index (χ2v) is 12.9. The Labute approximate surface area is 299 Å². The van der Waals surface area contributed by atoms with Gasteiger partial charge in [0.05, 0.1) is 25.2 Å². The van der Waals surface area contributed by atoms with Crippen LogP contribution in [0.25, 0.3) is 0 Å². The molecule has 2 saturated heterocycles. The standard InChI is InChI=1S/C40H36N4O8/c1-43-30-18-17-24(10-9-19-42-39(41)50)22-29(30)40(38(43)49)31(36(46)47)33-37(48)52-34(26-13-6-3-7-14-26)32(25-11-4-2-5-12-25)44(33)35(40)27-15-8-16-28(23-27)51-21-20-45/h2-8,11-18,22-23,31-35,45H,19-21H2,1H3,(H,46,47)(H3,41,42,50)/t31-,32-,33?,34+,35+,40-/m1/s1. The minimum absolute atomic E-state index is 0.00947. The molecule has 0 bridgehead atoms. The maximum Gasteiger partial charge on any atom is 0.325 e. The molecular weight excluding hydrogens is 664 g/mol. The smallest absolute Gasteiger partial charge is 0.325 e. The second-order valence-electron chi connectivity index (χ2n) is 12.9. The summed E-state index contributed by atoms with van der Waals surface area (Å²) in [5, 5.41) is 23.2. The Morgan fingerprint density at radius 2 is 1.62 bits per heavy atom. The van der Waals surface area contributed by atoms with Crippen LogP contribution < -0.4 is 20.7 Å². The largest absolute Gasteiger partial charge is 0.491 e. The molecule has 3 aliphatic rings. The van der Waals surface area contributed by atoms with E-state index in [1.54, 1.807) is 49.5 Å². The number of fused-ring (bicyclic) bond motifs is 3. The van der Waals surface area contributed by atoms with E-state index >= 15 is 4.79 Å². The van der Waals surface area contributed by atoms with E-state index in [0.717, 1.165) is 5.56 Å². The minimum atomic E-state index is -1.86. The zero-order valence-electron chi connectivity index (χ0n) is 28.1. The molecule has 12 heteroatoms. The van der Waals surface area contributed by atoms with Gasteiger partial charge in [-0.15, -0.1) is 0 Å². The Kier molecular flexibility index (Phi) is 9.14. The predicted molar refractivity (Wildman–Crippen MR) is 189 cm³/mol. The van der Waals surface area contributed by atoms with Gasteiger partial charge in [0.15, 0.2) is 0 Å². The van der Waals surface area contributed by atoms with Crippen LogP contribution in [-0.4, -0.2) is 71.8 Å². The third-order valence-corrected chi connectivity index (χ3v) is 10.1. The molecule has 0 saturated carbocycles. The number of aliphatic hydroxyl groups excluding tert-OH is 1. The molecule has 3 aliphatic heterocycles. The number of hydrogen-bond acceptors (Lipinski definition) is 8. The molecule has 0 aliphatic carbocycles. The van der Waals surface area contributed by atoms with Gasteiger partial charge < -0.3 is 35.6 Å². The zero-order valence-corrected chi connectivity index (χ0v) is 28.1. The number of nitrogens with two attached hydrogens (primary N) is 1. The third-order valence-electron chi connectivity index (χ3n) is 10.1. The molecular formula is C40H36N4O8. The van der Waals surface area contributed by atoms with Crippen molar-refractivity contribution >= 4 is 29.6 Å². The molecule has 0 radical (unpaired) electrons. The lowest BCUT2D eigenvalue weighted by Gasteiger charge is -2.46. The van der Waals surface area contributed by atoms with Crippen molar-refractivity contribution in [2.45, 2.75) is 29.6 Å². The topological polar surface area (TPSA) is 172 Å². The number of nitrogens with zero attached hydrogens (tertiary/aromatic N) is 2. The Balaban J connectivity index is 1.53. The van der Waals surface area contributed by atoms with Gasteiger partial charge in [-0.3, -0.25) is 19.3 Å². The first-order valence-electron chi connectivity index (χ1n) is 16.8. The monoisotopic (exact) mass is 700 g/mol. The summed E-state index contributed by atoms with van der Waals surface area (Å²) < 4.78 is 12.1. The lowest BCUT2D eigenvalue weighted by atomic mass is 9.65. The molecule has 4 aromatic rings. The van der Waals surface area contributed by atoms with Crippen molar-refractivity contribution in [2.75, 3.05) is 31.7 Å². The number of primary amides is 1. The van der Waals surface area contributed by atoms with Crippen molar-refractivity contribution in [2.24, 2.45) is 11.7 Å². The quantitative estimate of drug-likeness (QED) is 0.159. The SMILES string of the molecule is CN1C(=O)[C@@]2(c3cc(C#CCNC(N)=O)ccc31)[C@H](c1cccc(OCCO)c1)N1C(C(=O)O[C@@H](c3ccccc3)[C@H]1c1ccccc1)[C@@H]2C(=O)O. The number of carbonyl (C=O) groups excluding carboxylic acids is 3. The predicted octanol–water partition coefficient (Wildman–Crippen LogP) is 3.46. The molecule has 12 nitrogen and oxygen atoms in total. The number of cyclic esters (lactones) is 1. The molecule has 0 aromatic heterocycles. The molecule has 2 fully saturated rings. The summed E-state index contributed by atoms with van der Waals surface area (Å²) >= 11 is 0. The normalized spacial score (nSPS) is 24.7. The summed E-state index contributed by atoms with van der Waals surface area (Å²) in [5.41, 5.74) is 6.64. The molecule has 264 valence electrons. The van der Waals surface area contributed by atoms with Gasteiger partial charge in [0.25, 0.3) is 0 Å². The highest BCUT2D eigenvalue weighted by Crippen LogP contribution is 2.65. The number of aliphatic carboxylic acids is 1. The molecule has 5 N–H and O–H groups in total. The zero-order chi connectivity index (χ0) is 36.6. The number of carboxylic acid groups (broad SMARTS) is 1. The number of benzene rings is 4. The van der Waals surface area contributed by atoms with Gasteiger partial charge in [-0.25, -0.2) is 4.79 Å². The number of hydrogen-bond donors (Lipinski definition) is 4. The lowest BCUT2D eigenvalue weighted by molar-refractivity contribution is -0.179. The molecule has 4 aromatic carbocycles. The van der Waals surface area contributed by atoms with Gasteiger partial charge in [-0.05, 0) is 52.6 Å². The van der Waals surface area contributed by atoms with E-state index in [9.17, 15) is 24.6 Å². The number of aliphatic hydroxyl groups is 1. The van der Waals surface area contributed by atoms with Crippen molar-refractivity contribution in [1.29, 1.82) is 0 Å². The Morgan fingerprint density at radius 3 is 2.29 bits per heavy atom. The van der Waals surface area contributed by atoms with Crippen molar-refractivity contribution in [1.82, 2.24) is 10.2 Å². The van der Waals surface area contributed by atoms with Gasteiger partial charge >= 0.3 is 18.0 Å². The lowest BCUT2D eigenvalue weighted by Crippen LogP contribution is -2.52. The Bertz CT molecular complexity index is 2100. The number of amides is 3. The van der Waals surface area contributed by atoms with Crippen LogP contribution in [0.5, 0.6) is 5.75 Å². The summed E-state index contributed by atoms with van der Waals surface area (Å²) in [6.45, 7) is -0.253. The highest BCUT2D eigenvalue weighted by atomic mass is 16.6. The molecule has 52 heavy (non-hydrogen) atoms. The fourth-order valence-corrected chi connectivity index (χ4v) is 8.17. The molecule has 6 atom stereocenters. The van der Waals surface area contributed by atoms with Crippen molar-refractivity contribution in [3.8, 4) is 17.6 Å². The van der Waals surface area contributed by atoms with Gasteiger partial charge in [0.1, 0.15) is 35.8 Å². The summed E-state index contributed by atoms with van der Waals surface area (Å²) in [4.78, 5) is 58.0. The first-order chi connectivity index (χ1) is 25.2. The van der Waals surface area contributed by atoms with Crippen LogP contribution in [0.4, 0.5) is 10.5 Å². The number of carboxylic acids is 1. The van der Waals surface area contributed by atoms with Crippen molar-refractivity contribution < 1.29 is 38.9 Å². The van der Waals surface area contributed by atoms with Crippen LogP contribution in [0, 0.1) is 17.8 Å². The number of esters is 1. The molecule has 7 rings (SSSR count). The fraction of sp³-hybridized carbons (Fsp3) is 0.250. The van der Waals surface area contributed by atoms with Gasteiger partial charge in [0, 0.05) is 18.3 Å². The fourth-order valence-electron chi connectivity index (χ4n) is 8.17. The van der Waals surface area contributed by atoms with Gasteiger partial charge in [0.2, 0.25) is 5.91 Å². The summed E-state index contributed by atoms with van der Waals surface area (Å²) in [5.74, 6) is 2.00. The number of nitrogens with one attached hydrogen (secondary N) is 1. The third kappa shape index (κ3) is 5.60. The summed E-state index contributed by atoms with van der Waals surface area (Å²) in [6.07, 6.45) is -0.864. The average Bonchev–Trinajstić information content (AvgIpc) is 3.59. The number of morpholine rings is 1. The minimum Gasteiger partial charge on any atom is -0.491 e. The number of anilines is 1. The number of ether oxygens (including phenoxy) is 2. The van der Waals surface area contributed by atoms with Crippen LogP contribution in [0.3, 0.4) is 0 Å². The average molecular weight is 701 g/mol. The van der Waals surface area contributed by atoms with E-state index in [-0.39, 0.29) is 19.8 Å². The van der Waals surface area contributed by atoms with E-state index in [2.05, 4.69) is 17.2 Å². The van der Waals surface area contributed by atoms with Crippen molar-refractivity contribution in [3.63, 3.8) is 0 Å². The number of likely N-dealkylation sites (N-methyl/N-ethyl adjacent to an activating group) is 1. The molecule has 1 spiro atoms. The van der Waals surface area contributed by atoms with Crippen LogP contribution >= 0.6 is 0 Å². The Hall–Kier alpha value is -6.16. The van der Waals surface area contributed by atoms with Crippen molar-refractivity contribution in [3.05, 3.63) is 131 Å². The summed E-state index contributed by atoms with van der Waals surface area (Å²) in [6, 6.07) is 26.8. The first kappa shape index (κ1) is 34.3. The maximum absolute atomic E-state index is 15.2. The van der Waals surface area contributed by atoms with Crippen LogP contribution in [0.15, 0.2) is 103 Å². The number of urea groups is 1. The maximum atomic E-state index is 15.2. The van der Waals surface area contributed by atoms with E-state index < -0.39 is 59.4 Å². The van der Waals surface area contributed by atoms with Crippen LogP contribution in [0.2, 0.25) is 0 Å². The molecule has 1 unspecified atom stereocenters. The van der Waals surface area contributed by atoms with E-state index in [0.29, 0.717) is 33.7 Å². The molecule has 3 amide bonds. The van der Waals surface area contributed by atoms with E-state index in [4.69, 9.17) is 15.2 Å². The number of carbonyl (C=O) groups is 4. The molecule has 3 heterocycles. The van der Waals surface area contributed by atoms with Gasteiger partial charge in [-0.2, -0.15) is 0 Å². The van der Waals surface area contributed by atoms with Crippen LogP contribution in [0.1, 0.15) is 46.0 Å². The van der Waals surface area contributed by atoms with Crippen LogP contribution in [-0.2, 0) is 24.5 Å². The highest BCUT2D eigenvalue weighted by Gasteiger charge is 2.75.